The molecule has 2 aromatic heterocycles. The summed E-state index contributed by atoms with van der Waals surface area (Å²) in [5.41, 5.74) is 4.18. The lowest BCUT2D eigenvalue weighted by Gasteiger charge is -2.12. The second kappa shape index (κ2) is 5.75. The molecule has 0 saturated heterocycles. The minimum absolute atomic E-state index is 0.169. The van der Waals surface area contributed by atoms with E-state index in [9.17, 15) is 0 Å². The third-order valence-corrected chi connectivity index (χ3v) is 6.33. The van der Waals surface area contributed by atoms with E-state index in [1.54, 1.807) is 22.7 Å². The van der Waals surface area contributed by atoms with Gasteiger partial charge in [-0.15, -0.1) is 11.3 Å². The van der Waals surface area contributed by atoms with Crippen LogP contribution in [0.25, 0.3) is 0 Å². The van der Waals surface area contributed by atoms with Crippen molar-refractivity contribution in [2.24, 2.45) is 5.84 Å². The smallest absolute Gasteiger partial charge is 0.0843 e. The summed E-state index contributed by atoms with van der Waals surface area (Å²) in [7, 11) is 0. The van der Waals surface area contributed by atoms with Gasteiger partial charge in [-0.05, 0) is 66.7 Å². The number of halogens is 2. The van der Waals surface area contributed by atoms with Crippen molar-refractivity contribution in [1.29, 1.82) is 0 Å². The lowest BCUT2D eigenvalue weighted by molar-refractivity contribution is 0.561. The first-order chi connectivity index (χ1) is 7.70. The Hall–Kier alpha value is 0.280. The number of thiophene rings is 2. The zero-order chi connectivity index (χ0) is 11.5. The molecule has 3 N–H and O–H groups in total. The fraction of sp³-hybridized carbons (Fsp3) is 0.200. The number of rotatable bonds is 4. The third-order valence-electron chi connectivity index (χ3n) is 2.23. The molecule has 2 rings (SSSR count). The van der Waals surface area contributed by atoms with Gasteiger partial charge >= 0.3 is 0 Å². The van der Waals surface area contributed by atoms with E-state index in [0.717, 1.165) is 14.7 Å². The van der Waals surface area contributed by atoms with Crippen molar-refractivity contribution < 1.29 is 0 Å². The Balaban J connectivity index is 2.16. The van der Waals surface area contributed by atoms with Crippen LogP contribution in [0, 0.1) is 0 Å². The number of hydrogen-bond acceptors (Lipinski definition) is 4. The fourth-order valence-electron chi connectivity index (χ4n) is 1.42. The van der Waals surface area contributed by atoms with Crippen LogP contribution >= 0.6 is 54.5 Å². The summed E-state index contributed by atoms with van der Waals surface area (Å²) in [6, 6.07) is 4.40. The highest BCUT2D eigenvalue weighted by Gasteiger charge is 2.15. The Labute approximate surface area is 119 Å². The van der Waals surface area contributed by atoms with E-state index < -0.39 is 0 Å². The van der Waals surface area contributed by atoms with Gasteiger partial charge in [0.1, 0.15) is 0 Å². The van der Waals surface area contributed by atoms with E-state index >= 15 is 0 Å². The van der Waals surface area contributed by atoms with Crippen LogP contribution in [0.4, 0.5) is 0 Å². The normalized spacial score (nSPS) is 12.9. The highest BCUT2D eigenvalue weighted by Crippen LogP contribution is 2.36. The van der Waals surface area contributed by atoms with Crippen molar-refractivity contribution in [3.63, 3.8) is 0 Å². The van der Waals surface area contributed by atoms with Crippen molar-refractivity contribution in [2.75, 3.05) is 0 Å². The SMILES string of the molecule is NNC(Cc1ccsc1)c1cc(Br)c(Br)s1. The predicted molar refractivity (Wildman–Crippen MR) is 77.8 cm³/mol. The molecule has 1 atom stereocenters. The molecule has 0 bridgehead atoms. The Bertz CT molecular complexity index is 434. The molecule has 0 radical (unpaired) electrons. The van der Waals surface area contributed by atoms with Gasteiger partial charge in [0.05, 0.1) is 9.83 Å². The molecule has 0 aromatic carbocycles. The second-order valence-electron chi connectivity index (χ2n) is 3.33. The topological polar surface area (TPSA) is 38.0 Å². The van der Waals surface area contributed by atoms with E-state index in [1.807, 2.05) is 0 Å². The van der Waals surface area contributed by atoms with E-state index in [4.69, 9.17) is 5.84 Å². The molecule has 0 spiro atoms. The van der Waals surface area contributed by atoms with Crippen LogP contribution < -0.4 is 11.3 Å². The number of hydrazine groups is 1. The summed E-state index contributed by atoms with van der Waals surface area (Å²) in [4.78, 5) is 1.23. The van der Waals surface area contributed by atoms with Gasteiger partial charge < -0.3 is 0 Å². The average molecular weight is 382 g/mol. The van der Waals surface area contributed by atoms with Gasteiger partial charge in [-0.25, -0.2) is 0 Å². The van der Waals surface area contributed by atoms with Crippen LogP contribution in [-0.4, -0.2) is 0 Å². The molecule has 2 nitrogen and oxygen atoms in total. The summed E-state index contributed by atoms with van der Waals surface area (Å²) in [6.07, 6.45) is 0.916. The number of hydrogen-bond donors (Lipinski definition) is 2. The van der Waals surface area contributed by atoms with Crippen LogP contribution in [0.5, 0.6) is 0 Å². The van der Waals surface area contributed by atoms with Crippen molar-refractivity contribution in [2.45, 2.75) is 12.5 Å². The van der Waals surface area contributed by atoms with Crippen LogP contribution in [0.3, 0.4) is 0 Å². The van der Waals surface area contributed by atoms with Crippen LogP contribution in [0.15, 0.2) is 31.2 Å². The molecule has 0 amide bonds. The molecule has 0 aliphatic rings. The van der Waals surface area contributed by atoms with Gasteiger partial charge in [-0.1, -0.05) is 0 Å². The fourth-order valence-corrected chi connectivity index (χ4v) is 4.25. The molecule has 86 valence electrons. The monoisotopic (exact) mass is 380 g/mol. The lowest BCUT2D eigenvalue weighted by Crippen LogP contribution is -2.28. The van der Waals surface area contributed by atoms with Gasteiger partial charge in [0.25, 0.3) is 0 Å². The number of nitrogens with two attached hydrogens (primary N) is 1. The average Bonchev–Trinajstić information content (AvgIpc) is 2.86. The van der Waals surface area contributed by atoms with E-state index in [2.05, 4.69) is 60.2 Å². The Morgan fingerprint density at radius 1 is 1.44 bits per heavy atom. The van der Waals surface area contributed by atoms with Gasteiger partial charge in [0.2, 0.25) is 0 Å². The van der Waals surface area contributed by atoms with Crippen LogP contribution in [0.2, 0.25) is 0 Å². The summed E-state index contributed by atoms with van der Waals surface area (Å²) in [5, 5.41) is 4.24. The largest absolute Gasteiger partial charge is 0.271 e. The van der Waals surface area contributed by atoms with E-state index in [-0.39, 0.29) is 6.04 Å². The van der Waals surface area contributed by atoms with Crippen LogP contribution in [-0.2, 0) is 6.42 Å². The second-order valence-corrected chi connectivity index (χ2v) is 7.36. The zero-order valence-electron chi connectivity index (χ0n) is 8.24. The van der Waals surface area contributed by atoms with Gasteiger partial charge in [-0.2, -0.15) is 11.3 Å². The van der Waals surface area contributed by atoms with Crippen molar-refractivity contribution in [3.05, 3.63) is 41.6 Å². The molecule has 0 saturated carbocycles. The summed E-state index contributed by atoms with van der Waals surface area (Å²) < 4.78 is 2.19. The highest BCUT2D eigenvalue weighted by molar-refractivity contribution is 9.13. The Morgan fingerprint density at radius 2 is 2.25 bits per heavy atom. The quantitative estimate of drug-likeness (QED) is 0.618. The first-order valence-electron chi connectivity index (χ1n) is 4.62. The third kappa shape index (κ3) is 2.94. The molecule has 0 aliphatic carbocycles. The van der Waals surface area contributed by atoms with Crippen molar-refractivity contribution >= 4 is 54.5 Å². The minimum atomic E-state index is 0.169. The maximum atomic E-state index is 5.61. The molecule has 2 aromatic rings. The summed E-state index contributed by atoms with van der Waals surface area (Å²) >= 11 is 10.4. The number of nitrogens with one attached hydrogen (secondary N) is 1. The molecule has 0 fully saturated rings. The van der Waals surface area contributed by atoms with Crippen molar-refractivity contribution in [1.82, 2.24) is 5.43 Å². The van der Waals surface area contributed by atoms with Crippen molar-refractivity contribution in [3.8, 4) is 0 Å². The zero-order valence-corrected chi connectivity index (χ0v) is 13.0. The van der Waals surface area contributed by atoms with Gasteiger partial charge in [-0.3, -0.25) is 11.3 Å². The maximum absolute atomic E-state index is 5.61. The first-order valence-corrected chi connectivity index (χ1v) is 7.97. The van der Waals surface area contributed by atoms with Crippen LogP contribution in [0.1, 0.15) is 16.5 Å². The maximum Gasteiger partial charge on any atom is 0.0843 e. The first kappa shape index (κ1) is 12.7. The standard InChI is InChI=1S/C10H10Br2N2S2/c11-7-4-9(16-10(7)12)8(14-13)3-6-1-2-15-5-6/h1-2,4-5,8,14H,3,13H2. The molecule has 16 heavy (non-hydrogen) atoms. The molecule has 2 heterocycles. The summed E-state index contributed by atoms with van der Waals surface area (Å²) in [6.45, 7) is 0. The highest BCUT2D eigenvalue weighted by atomic mass is 79.9. The van der Waals surface area contributed by atoms with Gasteiger partial charge in [0.15, 0.2) is 0 Å². The van der Waals surface area contributed by atoms with Gasteiger partial charge in [0, 0.05) is 9.35 Å². The molecule has 1 unspecified atom stereocenters. The van der Waals surface area contributed by atoms with E-state index in [1.165, 1.54) is 10.4 Å². The minimum Gasteiger partial charge on any atom is -0.271 e. The summed E-state index contributed by atoms with van der Waals surface area (Å²) in [5.74, 6) is 5.61. The molecule has 6 heteroatoms. The molecular formula is C10H10Br2N2S2. The Morgan fingerprint density at radius 3 is 2.75 bits per heavy atom. The molecule has 0 aliphatic heterocycles. The molecular weight excluding hydrogens is 372 g/mol. The predicted octanol–water partition coefficient (Wildman–Crippen LogP) is 4.08. The Kier molecular flexibility index (Phi) is 4.57. The lowest BCUT2D eigenvalue weighted by atomic mass is 10.1. The van der Waals surface area contributed by atoms with E-state index in [0.29, 0.717) is 0 Å².